The van der Waals surface area contributed by atoms with Crippen molar-refractivity contribution in [3.63, 3.8) is 0 Å². The molecule has 0 atom stereocenters. The van der Waals surface area contributed by atoms with Crippen LogP contribution in [0.15, 0.2) is 18.2 Å². The van der Waals surface area contributed by atoms with E-state index in [1.807, 2.05) is 7.05 Å². The van der Waals surface area contributed by atoms with E-state index < -0.39 is 16.6 Å². The summed E-state index contributed by atoms with van der Waals surface area (Å²) in [6.45, 7) is 5.81. The molecule has 0 spiro atoms. The molecule has 0 bridgehead atoms. The molecule has 0 unspecified atom stereocenters. The summed E-state index contributed by atoms with van der Waals surface area (Å²) in [6.07, 6.45) is 0.892. The minimum absolute atomic E-state index is 0.301. The Kier molecular flexibility index (Phi) is 6.10. The number of carboxylic acids is 1. The number of nitro benzene ring substituents is 1. The molecule has 2 N–H and O–H groups in total. The van der Waals surface area contributed by atoms with Crippen LogP contribution in [0.4, 0.5) is 11.4 Å². The van der Waals surface area contributed by atoms with E-state index in [2.05, 4.69) is 24.1 Å². The Bertz CT molecular complexity index is 517. The van der Waals surface area contributed by atoms with Gasteiger partial charge in [0, 0.05) is 24.3 Å². The van der Waals surface area contributed by atoms with Gasteiger partial charge < -0.3 is 15.3 Å². The van der Waals surface area contributed by atoms with Crippen LogP contribution in [-0.4, -0.2) is 47.1 Å². The van der Waals surface area contributed by atoms with Crippen LogP contribution in [0.2, 0.25) is 0 Å². The SMILES string of the molecule is CC(C)N(C)CCCNc1ccc(C(=O)O)c([N+](=O)[O-])c1. The number of carboxylic acid groups (broad SMARTS) is 1. The van der Waals surface area contributed by atoms with E-state index in [9.17, 15) is 14.9 Å². The lowest BCUT2D eigenvalue weighted by atomic mass is 10.1. The molecule has 0 radical (unpaired) electrons. The fourth-order valence-corrected chi connectivity index (χ4v) is 1.79. The van der Waals surface area contributed by atoms with Gasteiger partial charge in [-0.05, 0) is 46.0 Å². The molecular weight excluding hydrogens is 274 g/mol. The summed E-state index contributed by atoms with van der Waals surface area (Å²) in [5.74, 6) is -1.30. The number of nitro groups is 1. The van der Waals surface area contributed by atoms with Gasteiger partial charge in [0.05, 0.1) is 4.92 Å². The van der Waals surface area contributed by atoms with Crippen LogP contribution in [-0.2, 0) is 0 Å². The topological polar surface area (TPSA) is 95.7 Å². The minimum Gasteiger partial charge on any atom is -0.477 e. The van der Waals surface area contributed by atoms with Gasteiger partial charge in [0.1, 0.15) is 5.56 Å². The normalized spacial score (nSPS) is 10.9. The first-order chi connectivity index (χ1) is 9.82. The second-order valence-corrected chi connectivity index (χ2v) is 5.15. The van der Waals surface area contributed by atoms with Gasteiger partial charge in [-0.1, -0.05) is 0 Å². The lowest BCUT2D eigenvalue weighted by Crippen LogP contribution is -2.28. The molecule has 1 rings (SSSR count). The first kappa shape index (κ1) is 16.9. The molecule has 0 fully saturated rings. The zero-order valence-corrected chi connectivity index (χ0v) is 12.5. The molecule has 21 heavy (non-hydrogen) atoms. The Hall–Kier alpha value is -2.15. The van der Waals surface area contributed by atoms with E-state index in [1.165, 1.54) is 12.1 Å². The fraction of sp³-hybridized carbons (Fsp3) is 0.500. The van der Waals surface area contributed by atoms with Crippen LogP contribution in [0, 0.1) is 10.1 Å². The molecular formula is C14H21N3O4. The molecule has 116 valence electrons. The number of carbonyl (C=O) groups is 1. The first-order valence-electron chi connectivity index (χ1n) is 6.78. The van der Waals surface area contributed by atoms with Crippen molar-refractivity contribution in [2.75, 3.05) is 25.5 Å². The predicted molar refractivity (Wildman–Crippen MR) is 80.9 cm³/mol. The molecule has 0 aromatic heterocycles. The molecule has 0 aliphatic rings. The summed E-state index contributed by atoms with van der Waals surface area (Å²) in [5.41, 5.74) is -0.143. The average molecular weight is 295 g/mol. The number of anilines is 1. The molecule has 0 heterocycles. The molecule has 7 nitrogen and oxygen atoms in total. The summed E-state index contributed by atoms with van der Waals surface area (Å²) < 4.78 is 0. The van der Waals surface area contributed by atoms with Gasteiger partial charge in [0.25, 0.3) is 5.69 Å². The van der Waals surface area contributed by atoms with E-state index >= 15 is 0 Å². The van der Waals surface area contributed by atoms with Crippen molar-refractivity contribution in [2.45, 2.75) is 26.3 Å². The second kappa shape index (κ2) is 7.58. The Morgan fingerprint density at radius 2 is 2.14 bits per heavy atom. The van der Waals surface area contributed by atoms with Gasteiger partial charge in [-0.3, -0.25) is 10.1 Å². The van der Waals surface area contributed by atoms with Gasteiger partial charge in [-0.15, -0.1) is 0 Å². The maximum atomic E-state index is 10.9. The maximum Gasteiger partial charge on any atom is 0.342 e. The standard InChI is InChI=1S/C14H21N3O4/c1-10(2)16(3)8-4-7-15-11-5-6-12(14(18)19)13(9-11)17(20)21/h5-6,9-10,15H,4,7-8H2,1-3H3,(H,18,19). The Balaban J connectivity index is 2.63. The van der Waals surface area contributed by atoms with E-state index in [4.69, 9.17) is 5.11 Å². The first-order valence-corrected chi connectivity index (χ1v) is 6.78. The van der Waals surface area contributed by atoms with Gasteiger partial charge in [-0.2, -0.15) is 0 Å². The lowest BCUT2D eigenvalue weighted by Gasteiger charge is -2.20. The second-order valence-electron chi connectivity index (χ2n) is 5.15. The van der Waals surface area contributed by atoms with E-state index in [1.54, 1.807) is 6.07 Å². The van der Waals surface area contributed by atoms with Crippen LogP contribution in [0.1, 0.15) is 30.6 Å². The molecule has 1 aromatic rings. The molecule has 1 aromatic carbocycles. The van der Waals surface area contributed by atoms with Crippen molar-refractivity contribution < 1.29 is 14.8 Å². The van der Waals surface area contributed by atoms with Crippen LogP contribution >= 0.6 is 0 Å². The van der Waals surface area contributed by atoms with Crippen LogP contribution in [0.25, 0.3) is 0 Å². The monoisotopic (exact) mass is 295 g/mol. The highest BCUT2D eigenvalue weighted by atomic mass is 16.6. The summed E-state index contributed by atoms with van der Waals surface area (Å²) in [5, 5.41) is 22.9. The maximum absolute atomic E-state index is 10.9. The third-order valence-electron chi connectivity index (χ3n) is 3.32. The van der Waals surface area contributed by atoms with Gasteiger partial charge in [-0.25, -0.2) is 4.79 Å². The molecule has 0 aliphatic heterocycles. The number of nitrogens with zero attached hydrogens (tertiary/aromatic N) is 2. The third-order valence-corrected chi connectivity index (χ3v) is 3.32. The van der Waals surface area contributed by atoms with Crippen LogP contribution < -0.4 is 5.32 Å². The van der Waals surface area contributed by atoms with Crippen LogP contribution in [0.3, 0.4) is 0 Å². The number of aromatic carboxylic acids is 1. The summed E-state index contributed by atoms with van der Waals surface area (Å²) >= 11 is 0. The zero-order valence-electron chi connectivity index (χ0n) is 12.5. The molecule has 7 heteroatoms. The molecule has 0 saturated heterocycles. The largest absolute Gasteiger partial charge is 0.477 e. The van der Waals surface area contributed by atoms with Crippen molar-refractivity contribution in [1.29, 1.82) is 0 Å². The van der Waals surface area contributed by atoms with Crippen molar-refractivity contribution in [3.05, 3.63) is 33.9 Å². The number of benzene rings is 1. The quantitative estimate of drug-likeness (QED) is 0.434. The van der Waals surface area contributed by atoms with Gasteiger partial charge in [0.2, 0.25) is 0 Å². The average Bonchev–Trinajstić information content (AvgIpc) is 2.42. The Labute approximate surface area is 123 Å². The van der Waals surface area contributed by atoms with E-state index in [0.29, 0.717) is 18.3 Å². The summed E-state index contributed by atoms with van der Waals surface area (Å²) in [4.78, 5) is 23.3. The lowest BCUT2D eigenvalue weighted by molar-refractivity contribution is -0.385. The third kappa shape index (κ3) is 5.03. The minimum atomic E-state index is -1.30. The smallest absolute Gasteiger partial charge is 0.342 e. The fourth-order valence-electron chi connectivity index (χ4n) is 1.79. The Morgan fingerprint density at radius 1 is 1.48 bits per heavy atom. The number of nitrogens with one attached hydrogen (secondary N) is 1. The van der Waals surface area contributed by atoms with Gasteiger partial charge in [0.15, 0.2) is 0 Å². The van der Waals surface area contributed by atoms with E-state index in [-0.39, 0.29) is 5.56 Å². The highest BCUT2D eigenvalue weighted by molar-refractivity contribution is 5.93. The zero-order chi connectivity index (χ0) is 16.0. The van der Waals surface area contributed by atoms with Gasteiger partial charge >= 0.3 is 5.97 Å². The Morgan fingerprint density at radius 3 is 2.67 bits per heavy atom. The van der Waals surface area contributed by atoms with Crippen molar-refractivity contribution >= 4 is 17.3 Å². The number of hydrogen-bond donors (Lipinski definition) is 2. The van der Waals surface area contributed by atoms with Crippen molar-refractivity contribution in [1.82, 2.24) is 4.90 Å². The molecule has 0 amide bonds. The predicted octanol–water partition coefficient (Wildman–Crippen LogP) is 2.44. The van der Waals surface area contributed by atoms with Crippen molar-refractivity contribution in [2.24, 2.45) is 0 Å². The number of hydrogen-bond acceptors (Lipinski definition) is 5. The molecule has 0 aliphatic carbocycles. The highest BCUT2D eigenvalue weighted by Crippen LogP contribution is 2.23. The summed E-state index contributed by atoms with van der Waals surface area (Å²) in [6, 6.07) is 4.53. The number of rotatable bonds is 8. The highest BCUT2D eigenvalue weighted by Gasteiger charge is 2.19. The summed E-state index contributed by atoms with van der Waals surface area (Å²) in [7, 11) is 2.04. The molecule has 0 saturated carbocycles. The van der Waals surface area contributed by atoms with Crippen LogP contribution in [0.5, 0.6) is 0 Å². The van der Waals surface area contributed by atoms with E-state index in [0.717, 1.165) is 13.0 Å². The van der Waals surface area contributed by atoms with Crippen molar-refractivity contribution in [3.8, 4) is 0 Å².